The van der Waals surface area contributed by atoms with Crippen LogP contribution >= 0.6 is 0 Å². The number of hydrogen-bond donors (Lipinski definition) is 1. The van der Waals surface area contributed by atoms with Crippen molar-refractivity contribution in [2.45, 2.75) is 32.8 Å². The molecule has 0 radical (unpaired) electrons. The van der Waals surface area contributed by atoms with Crippen LogP contribution in [0, 0.1) is 11.7 Å². The molecule has 1 aromatic carbocycles. The molecule has 0 aromatic heterocycles. The molecule has 2 aliphatic rings. The molecule has 0 unspecified atom stereocenters. The molecule has 0 aliphatic carbocycles. The number of carbonyl (C=O) groups excluding carboxylic acids is 3. The highest BCUT2D eigenvalue weighted by molar-refractivity contribution is 5.90. The second kappa shape index (κ2) is 10.7. The van der Waals surface area contributed by atoms with Crippen molar-refractivity contribution >= 4 is 29.3 Å². The zero-order chi connectivity index (χ0) is 24.1. The van der Waals surface area contributed by atoms with Crippen LogP contribution in [0.5, 0.6) is 0 Å². The Kier molecular flexibility index (Phi) is 8.01. The minimum atomic E-state index is -3.16. The maximum absolute atomic E-state index is 14.9. The SMILES string of the molecule is CC(C)CC(=O)N1CCN(c2ccc(N3C[C@H](CNC(=O)C(F)F)OC3=O)cc2F)CCO1. The van der Waals surface area contributed by atoms with Crippen LogP contribution in [-0.4, -0.2) is 74.8 Å². The summed E-state index contributed by atoms with van der Waals surface area (Å²) in [6, 6.07) is 4.26. The van der Waals surface area contributed by atoms with Crippen molar-refractivity contribution in [3.63, 3.8) is 0 Å². The van der Waals surface area contributed by atoms with E-state index in [0.717, 1.165) is 0 Å². The lowest BCUT2D eigenvalue weighted by Crippen LogP contribution is -2.37. The number of anilines is 2. The Hall–Kier alpha value is -3.02. The molecule has 12 heteroatoms. The summed E-state index contributed by atoms with van der Waals surface area (Å²) in [4.78, 5) is 43.8. The maximum atomic E-state index is 14.9. The molecular weight excluding hydrogens is 445 g/mol. The van der Waals surface area contributed by atoms with Gasteiger partial charge in [0.25, 0.3) is 5.91 Å². The molecule has 0 bridgehead atoms. The predicted molar refractivity (Wildman–Crippen MR) is 112 cm³/mol. The number of benzene rings is 1. The van der Waals surface area contributed by atoms with Gasteiger partial charge in [-0.2, -0.15) is 8.78 Å². The molecule has 33 heavy (non-hydrogen) atoms. The Labute approximate surface area is 189 Å². The third-order valence-electron chi connectivity index (χ3n) is 5.20. The number of amides is 3. The van der Waals surface area contributed by atoms with Crippen molar-refractivity contribution < 1.29 is 37.1 Å². The van der Waals surface area contributed by atoms with Gasteiger partial charge in [0.15, 0.2) is 0 Å². The minimum absolute atomic E-state index is 0.0222. The van der Waals surface area contributed by atoms with Gasteiger partial charge >= 0.3 is 12.5 Å². The highest BCUT2D eigenvalue weighted by atomic mass is 19.3. The fourth-order valence-corrected chi connectivity index (χ4v) is 3.59. The van der Waals surface area contributed by atoms with Gasteiger partial charge in [0.05, 0.1) is 37.6 Å². The number of rotatable bonds is 7. The van der Waals surface area contributed by atoms with Crippen LogP contribution in [0.2, 0.25) is 0 Å². The first-order valence-electron chi connectivity index (χ1n) is 10.7. The Morgan fingerprint density at radius 1 is 1.21 bits per heavy atom. The van der Waals surface area contributed by atoms with Crippen LogP contribution in [0.25, 0.3) is 0 Å². The first-order valence-corrected chi connectivity index (χ1v) is 10.7. The Morgan fingerprint density at radius 3 is 2.64 bits per heavy atom. The van der Waals surface area contributed by atoms with E-state index in [1.807, 2.05) is 19.2 Å². The standard InChI is InChI=1S/C21H27F3N4O5/c1-13(2)9-18(29)28-6-5-26(7-8-32-28)17-4-3-14(10-16(17)22)27-12-15(33-21(27)31)11-25-20(30)19(23)24/h3-4,10,13,15,19H,5-9,11-12H2,1-2H3,(H,25,30)/t15-/m0/s1. The number of carbonyl (C=O) groups is 3. The van der Waals surface area contributed by atoms with Crippen molar-refractivity contribution in [2.75, 3.05) is 49.1 Å². The number of cyclic esters (lactones) is 1. The number of ether oxygens (including phenoxy) is 1. The van der Waals surface area contributed by atoms with Gasteiger partial charge in [0.2, 0.25) is 5.91 Å². The van der Waals surface area contributed by atoms with E-state index >= 15 is 0 Å². The van der Waals surface area contributed by atoms with E-state index in [0.29, 0.717) is 25.2 Å². The van der Waals surface area contributed by atoms with Gasteiger partial charge in [0, 0.05) is 19.5 Å². The fourth-order valence-electron chi connectivity index (χ4n) is 3.59. The Morgan fingerprint density at radius 2 is 1.97 bits per heavy atom. The van der Waals surface area contributed by atoms with Gasteiger partial charge in [-0.15, -0.1) is 0 Å². The largest absolute Gasteiger partial charge is 0.442 e. The van der Waals surface area contributed by atoms with Gasteiger partial charge in [-0.3, -0.25) is 19.3 Å². The van der Waals surface area contributed by atoms with Gasteiger partial charge < -0.3 is 15.0 Å². The van der Waals surface area contributed by atoms with Crippen LogP contribution in [-0.2, 0) is 19.2 Å². The molecule has 3 amide bonds. The van der Waals surface area contributed by atoms with Crippen molar-refractivity contribution in [1.82, 2.24) is 10.4 Å². The molecule has 3 rings (SSSR count). The molecule has 9 nitrogen and oxygen atoms in total. The molecule has 1 atom stereocenters. The number of hydroxylamine groups is 2. The lowest BCUT2D eigenvalue weighted by Gasteiger charge is -2.24. The first kappa shape index (κ1) is 24.6. The van der Waals surface area contributed by atoms with E-state index in [1.54, 1.807) is 11.0 Å². The summed E-state index contributed by atoms with van der Waals surface area (Å²) in [5.74, 6) is -1.94. The number of nitrogens with zero attached hydrogens (tertiary/aromatic N) is 3. The van der Waals surface area contributed by atoms with Crippen molar-refractivity contribution in [2.24, 2.45) is 5.92 Å². The molecule has 2 saturated heterocycles. The lowest BCUT2D eigenvalue weighted by atomic mass is 10.1. The highest BCUT2D eigenvalue weighted by Crippen LogP contribution is 2.28. The second-order valence-corrected chi connectivity index (χ2v) is 8.21. The summed E-state index contributed by atoms with van der Waals surface area (Å²) in [5, 5.41) is 3.31. The van der Waals surface area contributed by atoms with Crippen molar-refractivity contribution in [3.8, 4) is 0 Å². The molecular formula is C21H27F3N4O5. The monoisotopic (exact) mass is 472 g/mol. The van der Waals surface area contributed by atoms with Crippen LogP contribution in [0.4, 0.5) is 29.3 Å². The van der Waals surface area contributed by atoms with Crippen LogP contribution < -0.4 is 15.1 Å². The number of alkyl halides is 2. The van der Waals surface area contributed by atoms with Gasteiger partial charge in [-0.1, -0.05) is 13.8 Å². The predicted octanol–water partition coefficient (Wildman–Crippen LogP) is 2.16. The molecule has 182 valence electrons. The van der Waals surface area contributed by atoms with Crippen molar-refractivity contribution in [3.05, 3.63) is 24.0 Å². The normalized spacial score (nSPS) is 19.2. The zero-order valence-electron chi connectivity index (χ0n) is 18.4. The summed E-state index contributed by atoms with van der Waals surface area (Å²) in [6.45, 7) is 4.84. The summed E-state index contributed by atoms with van der Waals surface area (Å²) >= 11 is 0. The third kappa shape index (κ3) is 6.28. The summed E-state index contributed by atoms with van der Waals surface area (Å²) in [5.41, 5.74) is 0.539. The molecule has 2 fully saturated rings. The van der Waals surface area contributed by atoms with Gasteiger partial charge in [-0.05, 0) is 24.1 Å². The maximum Gasteiger partial charge on any atom is 0.414 e. The number of nitrogens with one attached hydrogen (secondary N) is 1. The minimum Gasteiger partial charge on any atom is -0.442 e. The van der Waals surface area contributed by atoms with E-state index in [2.05, 4.69) is 0 Å². The van der Waals surface area contributed by atoms with Crippen LogP contribution in [0.15, 0.2) is 18.2 Å². The first-order chi connectivity index (χ1) is 15.7. The number of hydrogen-bond acceptors (Lipinski definition) is 6. The molecule has 2 aliphatic heterocycles. The third-order valence-corrected chi connectivity index (χ3v) is 5.20. The zero-order valence-corrected chi connectivity index (χ0v) is 18.4. The fraction of sp³-hybridized carbons (Fsp3) is 0.571. The van der Waals surface area contributed by atoms with Gasteiger partial charge in [0.1, 0.15) is 11.9 Å². The molecule has 0 saturated carbocycles. The topological polar surface area (TPSA) is 91.4 Å². The van der Waals surface area contributed by atoms with E-state index < -0.39 is 30.3 Å². The van der Waals surface area contributed by atoms with E-state index in [4.69, 9.17) is 9.57 Å². The molecule has 2 heterocycles. The van der Waals surface area contributed by atoms with E-state index in [9.17, 15) is 27.6 Å². The van der Waals surface area contributed by atoms with Gasteiger partial charge in [-0.25, -0.2) is 14.2 Å². The molecule has 1 N–H and O–H groups in total. The Balaban J connectivity index is 1.61. The quantitative estimate of drug-likeness (QED) is 0.654. The summed E-state index contributed by atoms with van der Waals surface area (Å²) in [7, 11) is 0. The average molecular weight is 472 g/mol. The van der Waals surface area contributed by atoms with Crippen molar-refractivity contribution in [1.29, 1.82) is 0 Å². The number of halogens is 3. The average Bonchev–Trinajstić information content (AvgIpc) is 2.95. The highest BCUT2D eigenvalue weighted by Gasteiger charge is 2.33. The summed E-state index contributed by atoms with van der Waals surface area (Å²) < 4.78 is 44.6. The smallest absolute Gasteiger partial charge is 0.414 e. The van der Waals surface area contributed by atoms with E-state index in [1.165, 1.54) is 22.1 Å². The molecule has 1 aromatic rings. The summed E-state index contributed by atoms with van der Waals surface area (Å²) in [6.07, 6.45) is -4.40. The molecule has 0 spiro atoms. The van der Waals surface area contributed by atoms with Crippen LogP contribution in [0.1, 0.15) is 20.3 Å². The Bertz CT molecular complexity index is 885. The van der Waals surface area contributed by atoms with E-state index in [-0.39, 0.29) is 43.8 Å². The second-order valence-electron chi connectivity index (χ2n) is 8.21. The van der Waals surface area contributed by atoms with Crippen LogP contribution in [0.3, 0.4) is 0 Å². The lowest BCUT2D eigenvalue weighted by molar-refractivity contribution is -0.182.